The average molecular weight is 246 g/mol. The second-order valence-electron chi connectivity index (χ2n) is 4.27. The standard InChI is InChI=1S/C15H20NO2/c1-5-12(2)13-8-6-7-9-14(13)18-11-10-15(17)16(3)4/h5-9H,1,10-11H2,2-4H3. The second-order valence-corrected chi connectivity index (χ2v) is 4.27. The van der Waals surface area contributed by atoms with E-state index in [2.05, 4.69) is 6.92 Å². The molecule has 18 heavy (non-hydrogen) atoms. The summed E-state index contributed by atoms with van der Waals surface area (Å²) in [5.41, 5.74) is 2.08. The Morgan fingerprint density at radius 3 is 2.67 bits per heavy atom. The zero-order valence-corrected chi connectivity index (χ0v) is 11.3. The van der Waals surface area contributed by atoms with Crippen molar-refractivity contribution in [3.8, 4) is 5.75 Å². The van der Waals surface area contributed by atoms with Crippen LogP contribution in [-0.4, -0.2) is 31.5 Å². The van der Waals surface area contributed by atoms with E-state index in [0.717, 1.165) is 16.9 Å². The topological polar surface area (TPSA) is 29.5 Å². The van der Waals surface area contributed by atoms with Gasteiger partial charge in [0.25, 0.3) is 0 Å². The van der Waals surface area contributed by atoms with Crippen LogP contribution in [0.2, 0.25) is 0 Å². The summed E-state index contributed by atoms with van der Waals surface area (Å²) in [6, 6.07) is 7.77. The van der Waals surface area contributed by atoms with Crippen molar-refractivity contribution in [1.29, 1.82) is 0 Å². The molecule has 1 amide bonds. The predicted molar refractivity (Wildman–Crippen MR) is 74.3 cm³/mol. The Hall–Kier alpha value is -1.77. The number of para-hydroxylation sites is 1. The molecule has 0 N–H and O–H groups in total. The quantitative estimate of drug-likeness (QED) is 0.799. The lowest BCUT2D eigenvalue weighted by Gasteiger charge is -2.13. The van der Waals surface area contributed by atoms with Crippen molar-refractivity contribution in [3.05, 3.63) is 42.8 Å². The van der Waals surface area contributed by atoms with Gasteiger partial charge in [-0.2, -0.15) is 0 Å². The molecular formula is C15H20NO2. The number of carbonyl (C=O) groups excluding carboxylic acids is 1. The van der Waals surface area contributed by atoms with Crippen molar-refractivity contribution >= 4 is 11.5 Å². The summed E-state index contributed by atoms with van der Waals surface area (Å²) < 4.78 is 5.66. The summed E-state index contributed by atoms with van der Waals surface area (Å²) in [6.07, 6.45) is 2.18. The molecule has 0 aliphatic heterocycles. The van der Waals surface area contributed by atoms with E-state index >= 15 is 0 Å². The van der Waals surface area contributed by atoms with Gasteiger partial charge in [-0.05, 0) is 25.5 Å². The summed E-state index contributed by atoms with van der Waals surface area (Å²) in [4.78, 5) is 13.0. The van der Waals surface area contributed by atoms with Crippen molar-refractivity contribution in [2.75, 3.05) is 20.7 Å². The Balaban J connectivity index is 2.65. The van der Waals surface area contributed by atoms with E-state index in [4.69, 9.17) is 4.74 Å². The fourth-order valence-corrected chi connectivity index (χ4v) is 1.50. The Kier molecular flexibility index (Phi) is 5.43. The van der Waals surface area contributed by atoms with Crippen LogP contribution in [-0.2, 0) is 4.79 Å². The zero-order chi connectivity index (χ0) is 13.5. The Labute approximate surface area is 109 Å². The monoisotopic (exact) mass is 246 g/mol. The number of nitrogens with zero attached hydrogens (tertiary/aromatic N) is 1. The number of benzene rings is 1. The van der Waals surface area contributed by atoms with Crippen LogP contribution in [0.4, 0.5) is 0 Å². The summed E-state index contributed by atoms with van der Waals surface area (Å²) in [5.74, 6) is 0.860. The molecule has 0 aromatic heterocycles. The minimum absolute atomic E-state index is 0.0666. The van der Waals surface area contributed by atoms with Crippen molar-refractivity contribution in [1.82, 2.24) is 4.90 Å². The van der Waals surface area contributed by atoms with Gasteiger partial charge in [0.15, 0.2) is 0 Å². The van der Waals surface area contributed by atoms with E-state index < -0.39 is 0 Å². The van der Waals surface area contributed by atoms with E-state index in [1.807, 2.05) is 31.2 Å². The van der Waals surface area contributed by atoms with Gasteiger partial charge in [-0.3, -0.25) is 4.79 Å². The van der Waals surface area contributed by atoms with Crippen LogP contribution >= 0.6 is 0 Å². The summed E-state index contributed by atoms with van der Waals surface area (Å²) in [5, 5.41) is 0. The summed E-state index contributed by atoms with van der Waals surface area (Å²) in [7, 11) is 3.48. The highest BCUT2D eigenvalue weighted by molar-refractivity contribution is 5.75. The molecule has 97 valence electrons. The Morgan fingerprint density at radius 1 is 1.39 bits per heavy atom. The first-order valence-electron chi connectivity index (χ1n) is 5.94. The molecule has 0 heterocycles. The molecule has 0 atom stereocenters. The summed E-state index contributed by atoms with van der Waals surface area (Å²) >= 11 is 0. The van der Waals surface area contributed by atoms with Crippen molar-refractivity contribution in [2.45, 2.75) is 13.3 Å². The molecule has 1 radical (unpaired) electrons. The maximum atomic E-state index is 11.4. The molecule has 0 saturated heterocycles. The SMILES string of the molecule is [CH2]C=C(C)c1ccccc1OCCC(=O)N(C)C. The first-order valence-corrected chi connectivity index (χ1v) is 5.94. The molecule has 0 bridgehead atoms. The van der Waals surface area contributed by atoms with Gasteiger partial charge in [0.1, 0.15) is 5.75 Å². The maximum absolute atomic E-state index is 11.4. The van der Waals surface area contributed by atoms with Crippen molar-refractivity contribution < 1.29 is 9.53 Å². The smallest absolute Gasteiger partial charge is 0.225 e. The highest BCUT2D eigenvalue weighted by Crippen LogP contribution is 2.25. The van der Waals surface area contributed by atoms with Gasteiger partial charge < -0.3 is 9.64 Å². The lowest BCUT2D eigenvalue weighted by Crippen LogP contribution is -2.23. The molecule has 0 fully saturated rings. The minimum Gasteiger partial charge on any atom is -0.492 e. The molecule has 0 aliphatic carbocycles. The number of ether oxygens (including phenoxy) is 1. The lowest BCUT2D eigenvalue weighted by molar-refractivity contribution is -0.129. The largest absolute Gasteiger partial charge is 0.492 e. The molecule has 1 aromatic carbocycles. The Morgan fingerprint density at radius 2 is 2.06 bits per heavy atom. The van der Waals surface area contributed by atoms with Crippen LogP contribution in [0.1, 0.15) is 18.9 Å². The number of hydrogen-bond acceptors (Lipinski definition) is 2. The second kappa shape index (κ2) is 6.84. The Bertz CT molecular complexity index is 436. The fraction of sp³-hybridized carbons (Fsp3) is 0.333. The normalized spacial score (nSPS) is 11.2. The van der Waals surface area contributed by atoms with Crippen LogP contribution in [0.5, 0.6) is 5.75 Å². The predicted octanol–water partition coefficient (Wildman–Crippen LogP) is 2.78. The molecule has 3 nitrogen and oxygen atoms in total. The average Bonchev–Trinajstić information content (AvgIpc) is 2.38. The number of allylic oxidation sites excluding steroid dienone is 2. The van der Waals surface area contributed by atoms with Gasteiger partial charge >= 0.3 is 0 Å². The zero-order valence-electron chi connectivity index (χ0n) is 11.3. The van der Waals surface area contributed by atoms with Crippen LogP contribution < -0.4 is 4.74 Å². The molecule has 1 rings (SSSR count). The van der Waals surface area contributed by atoms with Gasteiger partial charge in [0, 0.05) is 19.7 Å². The van der Waals surface area contributed by atoms with E-state index in [9.17, 15) is 4.79 Å². The van der Waals surface area contributed by atoms with Gasteiger partial charge in [0.2, 0.25) is 5.91 Å². The number of amides is 1. The van der Waals surface area contributed by atoms with E-state index in [-0.39, 0.29) is 5.91 Å². The molecule has 0 aliphatic rings. The molecule has 0 unspecified atom stereocenters. The minimum atomic E-state index is 0.0666. The molecular weight excluding hydrogens is 226 g/mol. The third-order valence-electron chi connectivity index (χ3n) is 2.69. The van der Waals surface area contributed by atoms with Gasteiger partial charge in [-0.15, -0.1) is 0 Å². The van der Waals surface area contributed by atoms with Crippen LogP contribution in [0, 0.1) is 6.92 Å². The third kappa shape index (κ3) is 3.91. The fourth-order valence-electron chi connectivity index (χ4n) is 1.50. The third-order valence-corrected chi connectivity index (χ3v) is 2.69. The molecule has 0 saturated carbocycles. The number of rotatable bonds is 5. The molecule has 1 aromatic rings. The van der Waals surface area contributed by atoms with E-state index in [0.29, 0.717) is 13.0 Å². The van der Waals surface area contributed by atoms with Gasteiger partial charge in [-0.1, -0.05) is 24.3 Å². The molecule has 0 spiro atoms. The first-order chi connectivity index (χ1) is 8.56. The molecule has 3 heteroatoms. The van der Waals surface area contributed by atoms with E-state index in [1.54, 1.807) is 25.1 Å². The van der Waals surface area contributed by atoms with Crippen LogP contribution in [0.25, 0.3) is 5.57 Å². The van der Waals surface area contributed by atoms with E-state index in [1.165, 1.54) is 0 Å². The van der Waals surface area contributed by atoms with Crippen LogP contribution in [0.15, 0.2) is 30.3 Å². The number of hydrogen-bond donors (Lipinski definition) is 0. The van der Waals surface area contributed by atoms with Crippen LogP contribution in [0.3, 0.4) is 0 Å². The summed E-state index contributed by atoms with van der Waals surface area (Å²) in [6.45, 7) is 6.13. The van der Waals surface area contributed by atoms with Crippen molar-refractivity contribution in [3.63, 3.8) is 0 Å². The van der Waals surface area contributed by atoms with Crippen molar-refractivity contribution in [2.24, 2.45) is 0 Å². The van der Waals surface area contributed by atoms with Gasteiger partial charge in [0.05, 0.1) is 13.0 Å². The number of carbonyl (C=O) groups is 1. The maximum Gasteiger partial charge on any atom is 0.225 e. The lowest BCUT2D eigenvalue weighted by atomic mass is 10.1. The first kappa shape index (κ1) is 14.3. The highest BCUT2D eigenvalue weighted by Gasteiger charge is 2.07. The van der Waals surface area contributed by atoms with Gasteiger partial charge in [-0.25, -0.2) is 0 Å². The highest BCUT2D eigenvalue weighted by atomic mass is 16.5.